The van der Waals surface area contributed by atoms with Gasteiger partial charge in [-0.25, -0.2) is 4.79 Å². The van der Waals surface area contributed by atoms with Crippen LogP contribution in [0.4, 0.5) is 0 Å². The van der Waals surface area contributed by atoms with Crippen LogP contribution in [0.2, 0.25) is 5.02 Å². The van der Waals surface area contributed by atoms with Crippen LogP contribution in [0, 0.1) is 25.2 Å². The van der Waals surface area contributed by atoms with Crippen LogP contribution >= 0.6 is 11.6 Å². The van der Waals surface area contributed by atoms with Gasteiger partial charge in [-0.15, -0.1) is 0 Å². The van der Waals surface area contributed by atoms with Gasteiger partial charge in [0.25, 0.3) is 5.91 Å². The van der Waals surface area contributed by atoms with Crippen LogP contribution in [-0.4, -0.2) is 30.1 Å². The average Bonchev–Trinajstić information content (AvgIpc) is 2.61. The highest BCUT2D eigenvalue weighted by Gasteiger charge is 2.35. The van der Waals surface area contributed by atoms with Gasteiger partial charge < -0.3 is 14.8 Å². The number of nitrogens with zero attached hydrogens (tertiary/aromatic N) is 1. The Balaban J connectivity index is 1.88. The van der Waals surface area contributed by atoms with E-state index in [0.29, 0.717) is 23.6 Å². The number of carbonyl (C=O) groups excluding carboxylic acids is 2. The molecule has 0 aromatic heterocycles. The zero-order chi connectivity index (χ0) is 20.0. The predicted octanol–water partition coefficient (Wildman–Crippen LogP) is 3.61. The summed E-state index contributed by atoms with van der Waals surface area (Å²) in [5.41, 5.74) is 0.767. The van der Waals surface area contributed by atoms with Gasteiger partial charge in [-0.2, -0.15) is 5.26 Å². The SMILES string of the molecule is Cc1cc(Cl)cc(C)c1OCC(=O)O[C@@H](C)C(=O)NC1(C#N)CCCCC1. The molecule has 1 saturated carbocycles. The molecule has 1 aromatic carbocycles. The summed E-state index contributed by atoms with van der Waals surface area (Å²) in [5, 5.41) is 12.8. The number of hydrogen-bond donors (Lipinski definition) is 1. The second-order valence-corrected chi connectivity index (χ2v) is 7.47. The molecule has 0 radical (unpaired) electrons. The summed E-state index contributed by atoms with van der Waals surface area (Å²) in [7, 11) is 0. The number of halogens is 1. The summed E-state index contributed by atoms with van der Waals surface area (Å²) < 4.78 is 10.7. The van der Waals surface area contributed by atoms with E-state index in [4.69, 9.17) is 21.1 Å². The van der Waals surface area contributed by atoms with Crippen molar-refractivity contribution in [1.82, 2.24) is 5.32 Å². The van der Waals surface area contributed by atoms with E-state index >= 15 is 0 Å². The number of ether oxygens (including phenoxy) is 2. The number of esters is 1. The van der Waals surface area contributed by atoms with E-state index in [0.717, 1.165) is 30.4 Å². The molecule has 146 valence electrons. The first kappa shape index (κ1) is 21.0. The van der Waals surface area contributed by atoms with Gasteiger partial charge in [0.2, 0.25) is 0 Å². The molecular weight excluding hydrogens is 368 g/mol. The van der Waals surface area contributed by atoms with Crippen LogP contribution in [0.25, 0.3) is 0 Å². The smallest absolute Gasteiger partial charge is 0.344 e. The third-order valence-electron chi connectivity index (χ3n) is 4.72. The molecule has 6 nitrogen and oxygen atoms in total. The van der Waals surface area contributed by atoms with E-state index in [1.165, 1.54) is 6.92 Å². The van der Waals surface area contributed by atoms with Crippen LogP contribution in [0.1, 0.15) is 50.2 Å². The van der Waals surface area contributed by atoms with E-state index in [2.05, 4.69) is 11.4 Å². The first-order valence-electron chi connectivity index (χ1n) is 9.08. The summed E-state index contributed by atoms with van der Waals surface area (Å²) in [4.78, 5) is 24.4. The van der Waals surface area contributed by atoms with E-state index < -0.39 is 23.5 Å². The molecule has 0 unspecified atom stereocenters. The number of nitrogens with one attached hydrogen (secondary N) is 1. The third kappa shape index (κ3) is 5.61. The average molecular weight is 393 g/mol. The van der Waals surface area contributed by atoms with Gasteiger partial charge in [-0.3, -0.25) is 4.79 Å². The van der Waals surface area contributed by atoms with E-state index in [1.807, 2.05) is 13.8 Å². The van der Waals surface area contributed by atoms with E-state index in [9.17, 15) is 14.9 Å². The van der Waals surface area contributed by atoms with Crippen molar-refractivity contribution in [3.63, 3.8) is 0 Å². The lowest BCUT2D eigenvalue weighted by Gasteiger charge is -2.32. The molecular formula is C20H25ClN2O4. The molecule has 0 spiro atoms. The van der Waals surface area contributed by atoms with Gasteiger partial charge in [0.15, 0.2) is 12.7 Å². The molecule has 1 aliphatic carbocycles. The van der Waals surface area contributed by atoms with Crippen molar-refractivity contribution in [2.75, 3.05) is 6.61 Å². The maximum atomic E-state index is 12.3. The number of rotatable bonds is 6. The highest BCUT2D eigenvalue weighted by molar-refractivity contribution is 6.30. The Kier molecular flexibility index (Phi) is 7.09. The largest absolute Gasteiger partial charge is 0.481 e. The molecule has 1 N–H and O–H groups in total. The zero-order valence-electron chi connectivity index (χ0n) is 15.9. The van der Waals surface area contributed by atoms with Gasteiger partial charge in [-0.05, 0) is 56.9 Å². The van der Waals surface area contributed by atoms with Gasteiger partial charge in [0.05, 0.1) is 6.07 Å². The van der Waals surface area contributed by atoms with Crippen LogP contribution < -0.4 is 10.1 Å². The number of hydrogen-bond acceptors (Lipinski definition) is 5. The second kappa shape index (κ2) is 9.09. The van der Waals surface area contributed by atoms with Crippen molar-refractivity contribution < 1.29 is 19.1 Å². The van der Waals surface area contributed by atoms with Gasteiger partial charge >= 0.3 is 5.97 Å². The summed E-state index contributed by atoms with van der Waals surface area (Å²) >= 11 is 5.98. The Hall–Kier alpha value is -2.26. The predicted molar refractivity (Wildman–Crippen MR) is 102 cm³/mol. The van der Waals surface area contributed by atoms with Crippen LogP contribution in [-0.2, 0) is 14.3 Å². The topological polar surface area (TPSA) is 88.4 Å². The Labute approximate surface area is 164 Å². The van der Waals surface area contributed by atoms with Crippen LogP contribution in [0.15, 0.2) is 12.1 Å². The van der Waals surface area contributed by atoms with Crippen molar-refractivity contribution in [3.05, 3.63) is 28.3 Å². The van der Waals surface area contributed by atoms with Crippen LogP contribution in [0.5, 0.6) is 5.75 Å². The molecule has 0 heterocycles. The van der Waals surface area contributed by atoms with E-state index in [1.54, 1.807) is 12.1 Å². The fraction of sp³-hybridized carbons (Fsp3) is 0.550. The van der Waals surface area contributed by atoms with Gasteiger partial charge in [-0.1, -0.05) is 30.9 Å². The third-order valence-corrected chi connectivity index (χ3v) is 4.94. The van der Waals surface area contributed by atoms with Crippen LogP contribution in [0.3, 0.4) is 0 Å². The number of carbonyl (C=O) groups is 2. The fourth-order valence-corrected chi connectivity index (χ4v) is 3.63. The molecule has 1 atom stereocenters. The molecule has 2 rings (SSSR count). The quantitative estimate of drug-likeness (QED) is 0.747. The molecule has 0 aliphatic heterocycles. The molecule has 0 bridgehead atoms. The standard InChI is InChI=1S/C20H25ClN2O4/c1-13-9-16(21)10-14(2)18(13)26-11-17(24)27-15(3)19(25)23-20(12-22)7-5-4-6-8-20/h9-10,15H,4-8,11H2,1-3H3,(H,23,25)/t15-/m0/s1. The first-order valence-corrected chi connectivity index (χ1v) is 9.46. The maximum Gasteiger partial charge on any atom is 0.344 e. The fourth-order valence-electron chi connectivity index (χ4n) is 3.30. The lowest BCUT2D eigenvalue weighted by Crippen LogP contribution is -2.52. The lowest BCUT2D eigenvalue weighted by atomic mass is 9.83. The molecule has 27 heavy (non-hydrogen) atoms. The Morgan fingerprint density at radius 3 is 2.41 bits per heavy atom. The first-order chi connectivity index (χ1) is 12.8. The summed E-state index contributed by atoms with van der Waals surface area (Å²) in [6, 6.07) is 5.71. The lowest BCUT2D eigenvalue weighted by molar-refractivity contribution is -0.157. The van der Waals surface area contributed by atoms with Crippen molar-refractivity contribution in [1.29, 1.82) is 5.26 Å². The molecule has 1 amide bonds. The second-order valence-electron chi connectivity index (χ2n) is 7.03. The minimum absolute atomic E-state index is 0.315. The van der Waals surface area contributed by atoms with Gasteiger partial charge in [0, 0.05) is 5.02 Å². The summed E-state index contributed by atoms with van der Waals surface area (Å²) in [6.07, 6.45) is 3.10. The maximum absolute atomic E-state index is 12.3. The minimum Gasteiger partial charge on any atom is -0.481 e. The highest BCUT2D eigenvalue weighted by Crippen LogP contribution is 2.28. The Morgan fingerprint density at radius 2 is 1.85 bits per heavy atom. The molecule has 1 aliphatic rings. The molecule has 0 saturated heterocycles. The van der Waals surface area contributed by atoms with Crippen molar-refractivity contribution in [2.45, 2.75) is 64.5 Å². The summed E-state index contributed by atoms with van der Waals surface area (Å²) in [6.45, 7) is 4.84. The minimum atomic E-state index is -0.999. The van der Waals surface area contributed by atoms with Gasteiger partial charge in [0.1, 0.15) is 11.3 Å². The van der Waals surface area contributed by atoms with Crippen molar-refractivity contribution in [2.24, 2.45) is 0 Å². The number of amides is 1. The number of nitriles is 1. The zero-order valence-corrected chi connectivity index (χ0v) is 16.7. The number of benzene rings is 1. The molecule has 1 fully saturated rings. The molecule has 7 heteroatoms. The van der Waals surface area contributed by atoms with Crippen molar-refractivity contribution >= 4 is 23.5 Å². The number of aryl methyl sites for hydroxylation is 2. The summed E-state index contributed by atoms with van der Waals surface area (Å²) in [5.74, 6) is -0.550. The highest BCUT2D eigenvalue weighted by atomic mass is 35.5. The monoisotopic (exact) mass is 392 g/mol. The Morgan fingerprint density at radius 1 is 1.26 bits per heavy atom. The van der Waals surface area contributed by atoms with Crippen molar-refractivity contribution in [3.8, 4) is 11.8 Å². The molecule has 1 aromatic rings. The Bertz CT molecular complexity index is 728. The van der Waals surface area contributed by atoms with E-state index in [-0.39, 0.29) is 6.61 Å². The normalized spacial score (nSPS) is 16.7.